The van der Waals surface area contributed by atoms with E-state index in [9.17, 15) is 4.79 Å². The Morgan fingerprint density at radius 3 is 2.59 bits per heavy atom. The first-order valence-electron chi connectivity index (χ1n) is 7.39. The Morgan fingerprint density at radius 2 is 1.91 bits per heavy atom. The van der Waals surface area contributed by atoms with E-state index in [-0.39, 0.29) is 17.9 Å². The maximum Gasteiger partial charge on any atom is 0.232 e. The Bertz CT molecular complexity index is 695. The minimum atomic E-state index is -0.189. The molecule has 1 heterocycles. The van der Waals surface area contributed by atoms with Crippen molar-refractivity contribution in [2.24, 2.45) is 0 Å². The fourth-order valence-corrected chi connectivity index (χ4v) is 2.89. The smallest absolute Gasteiger partial charge is 0.232 e. The van der Waals surface area contributed by atoms with E-state index in [0.717, 1.165) is 22.6 Å². The van der Waals surface area contributed by atoms with Crippen molar-refractivity contribution in [3.8, 4) is 5.75 Å². The van der Waals surface area contributed by atoms with Crippen LogP contribution in [0.15, 0.2) is 42.5 Å². The number of benzene rings is 2. The van der Waals surface area contributed by atoms with Crippen molar-refractivity contribution in [2.45, 2.75) is 32.3 Å². The van der Waals surface area contributed by atoms with Crippen LogP contribution < -0.4 is 10.1 Å². The van der Waals surface area contributed by atoms with Crippen LogP contribution >= 0.6 is 11.6 Å². The van der Waals surface area contributed by atoms with Gasteiger partial charge in [-0.1, -0.05) is 23.7 Å². The van der Waals surface area contributed by atoms with Gasteiger partial charge in [-0.3, -0.25) is 4.79 Å². The van der Waals surface area contributed by atoms with Gasteiger partial charge in [0, 0.05) is 10.7 Å². The topological polar surface area (TPSA) is 38.3 Å². The lowest BCUT2D eigenvalue weighted by molar-refractivity contribution is -0.117. The summed E-state index contributed by atoms with van der Waals surface area (Å²) < 4.78 is 5.64. The van der Waals surface area contributed by atoms with Crippen LogP contribution in [-0.4, -0.2) is 12.0 Å². The molecule has 22 heavy (non-hydrogen) atoms. The van der Waals surface area contributed by atoms with Crippen LogP contribution in [0.3, 0.4) is 0 Å². The van der Waals surface area contributed by atoms with Crippen LogP contribution in [-0.2, 0) is 11.2 Å². The Balaban J connectivity index is 1.79. The molecule has 3 rings (SSSR count). The van der Waals surface area contributed by atoms with E-state index in [4.69, 9.17) is 16.3 Å². The number of ether oxygens (including phenoxy) is 1. The molecule has 1 amide bonds. The fraction of sp³-hybridized carbons (Fsp3) is 0.278. The summed E-state index contributed by atoms with van der Waals surface area (Å²) in [6.45, 7) is 3.99. The minimum Gasteiger partial charge on any atom is -0.491 e. The Labute approximate surface area is 135 Å². The summed E-state index contributed by atoms with van der Waals surface area (Å²) in [5, 5.41) is 3.56. The zero-order valence-electron chi connectivity index (χ0n) is 12.6. The van der Waals surface area contributed by atoms with Crippen LogP contribution in [0.25, 0.3) is 0 Å². The highest BCUT2D eigenvalue weighted by Crippen LogP contribution is 2.36. The summed E-state index contributed by atoms with van der Waals surface area (Å²) in [5.41, 5.74) is 2.93. The number of hydrogen-bond donors (Lipinski definition) is 1. The number of carbonyl (C=O) groups is 1. The van der Waals surface area contributed by atoms with Crippen molar-refractivity contribution in [2.75, 3.05) is 5.32 Å². The quantitative estimate of drug-likeness (QED) is 0.907. The van der Waals surface area contributed by atoms with E-state index in [0.29, 0.717) is 11.4 Å². The van der Waals surface area contributed by atoms with E-state index < -0.39 is 0 Å². The SMILES string of the molecule is CC(C)Oc1ccc(C[C@H]2C(=O)Nc3ccc(Cl)cc32)cc1. The average Bonchev–Trinajstić information content (AvgIpc) is 2.76. The molecule has 1 aliphatic rings. The molecule has 1 N–H and O–H groups in total. The molecule has 2 aromatic rings. The first-order chi connectivity index (χ1) is 10.5. The summed E-state index contributed by atoms with van der Waals surface area (Å²) in [4.78, 5) is 12.2. The highest BCUT2D eigenvalue weighted by Gasteiger charge is 2.30. The second kappa shape index (κ2) is 6.01. The Hall–Kier alpha value is -2.00. The Kier molecular flexibility index (Phi) is 4.08. The second-order valence-electron chi connectivity index (χ2n) is 5.79. The minimum absolute atomic E-state index is 0.0276. The zero-order valence-corrected chi connectivity index (χ0v) is 13.4. The van der Waals surface area contributed by atoms with Crippen LogP contribution in [0.2, 0.25) is 5.02 Å². The van der Waals surface area contributed by atoms with Gasteiger partial charge in [0.2, 0.25) is 5.91 Å². The lowest BCUT2D eigenvalue weighted by atomic mass is 9.93. The summed E-state index contributed by atoms with van der Waals surface area (Å²) in [7, 11) is 0. The maximum atomic E-state index is 12.2. The molecule has 0 aliphatic carbocycles. The third kappa shape index (κ3) is 3.09. The molecule has 114 valence electrons. The molecule has 2 aromatic carbocycles. The second-order valence-corrected chi connectivity index (χ2v) is 6.22. The normalized spacial score (nSPS) is 16.5. The number of halogens is 1. The van der Waals surface area contributed by atoms with Crippen LogP contribution in [0.5, 0.6) is 5.75 Å². The van der Waals surface area contributed by atoms with Gasteiger partial charge in [-0.25, -0.2) is 0 Å². The van der Waals surface area contributed by atoms with Gasteiger partial charge in [-0.15, -0.1) is 0 Å². The first-order valence-corrected chi connectivity index (χ1v) is 7.76. The van der Waals surface area contributed by atoms with E-state index in [1.807, 2.05) is 50.2 Å². The van der Waals surface area contributed by atoms with Gasteiger partial charge in [0.1, 0.15) is 5.75 Å². The van der Waals surface area contributed by atoms with Gasteiger partial charge in [-0.2, -0.15) is 0 Å². The van der Waals surface area contributed by atoms with Crippen molar-refractivity contribution in [3.05, 3.63) is 58.6 Å². The van der Waals surface area contributed by atoms with Crippen molar-refractivity contribution in [1.29, 1.82) is 0 Å². The summed E-state index contributed by atoms with van der Waals surface area (Å²) in [6, 6.07) is 13.4. The molecule has 0 saturated heterocycles. The van der Waals surface area contributed by atoms with Crippen molar-refractivity contribution in [3.63, 3.8) is 0 Å². The van der Waals surface area contributed by atoms with E-state index in [2.05, 4.69) is 5.32 Å². The third-order valence-electron chi connectivity index (χ3n) is 3.70. The van der Waals surface area contributed by atoms with Gasteiger partial charge < -0.3 is 10.1 Å². The molecule has 0 saturated carbocycles. The first kappa shape index (κ1) is 14.9. The highest BCUT2D eigenvalue weighted by molar-refractivity contribution is 6.31. The number of rotatable bonds is 4. The molecule has 1 atom stereocenters. The molecular formula is C18H18ClNO2. The molecule has 0 fully saturated rings. The van der Waals surface area contributed by atoms with Gasteiger partial charge >= 0.3 is 0 Å². The summed E-state index contributed by atoms with van der Waals surface area (Å²) >= 11 is 6.05. The number of fused-ring (bicyclic) bond motifs is 1. The predicted molar refractivity (Wildman–Crippen MR) is 88.7 cm³/mol. The molecule has 0 spiro atoms. The fourth-order valence-electron chi connectivity index (χ4n) is 2.71. The van der Waals surface area contributed by atoms with Crippen molar-refractivity contribution < 1.29 is 9.53 Å². The van der Waals surface area contributed by atoms with E-state index in [1.165, 1.54) is 0 Å². The van der Waals surface area contributed by atoms with Crippen molar-refractivity contribution in [1.82, 2.24) is 0 Å². The van der Waals surface area contributed by atoms with E-state index in [1.54, 1.807) is 6.07 Å². The third-order valence-corrected chi connectivity index (χ3v) is 3.93. The molecule has 3 nitrogen and oxygen atoms in total. The number of hydrogen-bond acceptors (Lipinski definition) is 2. The zero-order chi connectivity index (χ0) is 15.7. The molecule has 0 radical (unpaired) electrons. The van der Waals surface area contributed by atoms with E-state index >= 15 is 0 Å². The monoisotopic (exact) mass is 315 g/mol. The van der Waals surface area contributed by atoms with Crippen LogP contribution in [0, 0.1) is 0 Å². The Morgan fingerprint density at radius 1 is 1.18 bits per heavy atom. The summed E-state index contributed by atoms with van der Waals surface area (Å²) in [5.74, 6) is 0.684. The molecular weight excluding hydrogens is 298 g/mol. The molecule has 0 bridgehead atoms. The van der Waals surface area contributed by atoms with Crippen LogP contribution in [0.1, 0.15) is 30.9 Å². The summed E-state index contributed by atoms with van der Waals surface area (Å²) in [6.07, 6.45) is 0.807. The highest BCUT2D eigenvalue weighted by atomic mass is 35.5. The van der Waals surface area contributed by atoms with Crippen molar-refractivity contribution >= 4 is 23.2 Å². The largest absolute Gasteiger partial charge is 0.491 e. The molecule has 4 heteroatoms. The van der Waals surface area contributed by atoms with Crippen LogP contribution in [0.4, 0.5) is 5.69 Å². The molecule has 0 unspecified atom stereocenters. The standard InChI is InChI=1S/C18H18ClNO2/c1-11(2)22-14-6-3-12(4-7-14)9-16-15-10-13(19)5-8-17(15)20-18(16)21/h3-8,10-11,16H,9H2,1-2H3,(H,20,21)/t16-/m1/s1. The van der Waals surface area contributed by atoms with Gasteiger partial charge in [0.05, 0.1) is 12.0 Å². The van der Waals surface area contributed by atoms with Gasteiger partial charge in [-0.05, 0) is 61.7 Å². The molecule has 1 aliphatic heterocycles. The lowest BCUT2D eigenvalue weighted by Gasteiger charge is -2.12. The number of anilines is 1. The average molecular weight is 316 g/mol. The predicted octanol–water partition coefficient (Wildman–Crippen LogP) is 4.41. The van der Waals surface area contributed by atoms with Gasteiger partial charge in [0.25, 0.3) is 0 Å². The number of carbonyl (C=O) groups excluding carboxylic acids is 1. The van der Waals surface area contributed by atoms with Gasteiger partial charge in [0.15, 0.2) is 0 Å². The lowest BCUT2D eigenvalue weighted by Crippen LogP contribution is -2.14. The maximum absolute atomic E-state index is 12.2. The number of nitrogens with one attached hydrogen (secondary N) is 1. The molecule has 0 aromatic heterocycles. The number of amides is 1.